The van der Waals surface area contributed by atoms with Crippen LogP contribution in [0.3, 0.4) is 0 Å². The fourth-order valence-electron chi connectivity index (χ4n) is 1.98. The first-order valence-corrected chi connectivity index (χ1v) is 6.86. The van der Waals surface area contributed by atoms with E-state index < -0.39 is 0 Å². The third kappa shape index (κ3) is 4.03. The average molecular weight is 288 g/mol. The number of hydrazine groups is 1. The second-order valence-electron chi connectivity index (χ2n) is 4.72. The fourth-order valence-corrected chi connectivity index (χ4v) is 1.98. The van der Waals surface area contributed by atoms with Crippen LogP contribution in [0.1, 0.15) is 28.7 Å². The van der Waals surface area contributed by atoms with E-state index in [0.29, 0.717) is 24.3 Å². The number of rotatable bonds is 6. The van der Waals surface area contributed by atoms with E-state index >= 15 is 0 Å². The van der Waals surface area contributed by atoms with Gasteiger partial charge < -0.3 is 10.7 Å². The zero-order valence-electron chi connectivity index (χ0n) is 12.3. The molecule has 2 heterocycles. The number of anilines is 1. The number of nitrogen functional groups attached to an aromatic ring is 1. The van der Waals surface area contributed by atoms with Crippen molar-refractivity contribution in [2.24, 2.45) is 12.9 Å². The summed E-state index contributed by atoms with van der Waals surface area (Å²) in [6.07, 6.45) is 3.32. The molecule has 2 rings (SSSR count). The van der Waals surface area contributed by atoms with Crippen LogP contribution < -0.4 is 16.6 Å². The molecule has 4 N–H and O–H groups in total. The van der Waals surface area contributed by atoms with Crippen LogP contribution in [-0.2, 0) is 19.9 Å². The summed E-state index contributed by atoms with van der Waals surface area (Å²) in [4.78, 5) is 16.4. The molecule has 0 atom stereocenters. The van der Waals surface area contributed by atoms with Crippen molar-refractivity contribution >= 4 is 11.7 Å². The van der Waals surface area contributed by atoms with Crippen molar-refractivity contribution < 1.29 is 4.79 Å². The highest BCUT2D eigenvalue weighted by atomic mass is 16.1. The number of pyridine rings is 1. The minimum Gasteiger partial charge on any atom is -0.352 e. The van der Waals surface area contributed by atoms with Gasteiger partial charge in [0.05, 0.1) is 5.69 Å². The molecule has 1 amide bonds. The van der Waals surface area contributed by atoms with Crippen LogP contribution in [0.25, 0.3) is 0 Å². The third-order valence-electron chi connectivity index (χ3n) is 3.09. The molecule has 0 saturated carbocycles. The van der Waals surface area contributed by atoms with Gasteiger partial charge in [0.15, 0.2) is 0 Å². The summed E-state index contributed by atoms with van der Waals surface area (Å²) < 4.78 is 1.74. The van der Waals surface area contributed by atoms with Gasteiger partial charge in [-0.1, -0.05) is 6.92 Å². The fraction of sp³-hybridized carbons (Fsp3) is 0.357. The lowest BCUT2D eigenvalue weighted by Gasteiger charge is -2.08. The molecule has 2 aromatic heterocycles. The van der Waals surface area contributed by atoms with Crippen molar-refractivity contribution in [2.75, 3.05) is 12.0 Å². The van der Waals surface area contributed by atoms with Crippen LogP contribution in [0.5, 0.6) is 0 Å². The highest BCUT2D eigenvalue weighted by molar-refractivity contribution is 5.95. The normalized spacial score (nSPS) is 10.4. The first-order valence-electron chi connectivity index (χ1n) is 6.86. The largest absolute Gasteiger partial charge is 0.352 e. The van der Waals surface area contributed by atoms with Gasteiger partial charge in [0.1, 0.15) is 5.82 Å². The third-order valence-corrected chi connectivity index (χ3v) is 3.09. The highest BCUT2D eigenvalue weighted by Crippen LogP contribution is 2.10. The summed E-state index contributed by atoms with van der Waals surface area (Å²) in [5.74, 6) is 5.72. The van der Waals surface area contributed by atoms with Crippen molar-refractivity contribution in [1.82, 2.24) is 20.1 Å². The van der Waals surface area contributed by atoms with E-state index in [2.05, 4.69) is 20.8 Å². The van der Waals surface area contributed by atoms with Crippen LogP contribution in [0.2, 0.25) is 0 Å². The number of aryl methyl sites for hydroxylation is 2. The molecule has 0 aromatic carbocycles. The molecule has 0 saturated heterocycles. The molecule has 7 heteroatoms. The van der Waals surface area contributed by atoms with Gasteiger partial charge in [-0.25, -0.2) is 10.8 Å². The topological polar surface area (TPSA) is 97.9 Å². The second kappa shape index (κ2) is 6.85. The van der Waals surface area contributed by atoms with Crippen LogP contribution in [0.4, 0.5) is 5.82 Å². The Balaban J connectivity index is 1.96. The minimum absolute atomic E-state index is 0.139. The molecule has 0 aliphatic carbocycles. The van der Waals surface area contributed by atoms with Gasteiger partial charge in [0, 0.05) is 37.5 Å². The maximum Gasteiger partial charge on any atom is 0.251 e. The first kappa shape index (κ1) is 15.0. The molecule has 0 unspecified atom stereocenters. The summed E-state index contributed by atoms with van der Waals surface area (Å²) in [7, 11) is 1.87. The van der Waals surface area contributed by atoms with Gasteiger partial charge in [-0.15, -0.1) is 0 Å². The number of nitrogens with two attached hydrogens (primary N) is 1. The van der Waals surface area contributed by atoms with Gasteiger partial charge >= 0.3 is 0 Å². The Morgan fingerprint density at radius 3 is 2.81 bits per heavy atom. The Morgan fingerprint density at radius 2 is 2.19 bits per heavy atom. The average Bonchev–Trinajstić information content (AvgIpc) is 2.92. The van der Waals surface area contributed by atoms with Crippen LogP contribution in [0.15, 0.2) is 24.4 Å². The molecular weight excluding hydrogens is 268 g/mol. The van der Waals surface area contributed by atoms with E-state index in [4.69, 9.17) is 5.84 Å². The molecule has 7 nitrogen and oxygen atoms in total. The van der Waals surface area contributed by atoms with Crippen molar-refractivity contribution in [3.63, 3.8) is 0 Å². The quantitative estimate of drug-likeness (QED) is 0.535. The molecule has 112 valence electrons. The Bertz CT molecular complexity index is 599. The van der Waals surface area contributed by atoms with Crippen molar-refractivity contribution in [3.8, 4) is 0 Å². The Morgan fingerprint density at radius 1 is 1.38 bits per heavy atom. The van der Waals surface area contributed by atoms with E-state index in [1.165, 1.54) is 0 Å². The molecule has 2 aromatic rings. The minimum atomic E-state index is -0.139. The molecular formula is C14H20N6O. The van der Waals surface area contributed by atoms with E-state index in [-0.39, 0.29) is 5.91 Å². The van der Waals surface area contributed by atoms with Gasteiger partial charge in [0.25, 0.3) is 5.91 Å². The lowest BCUT2D eigenvalue weighted by atomic mass is 10.2. The maximum absolute atomic E-state index is 12.1. The van der Waals surface area contributed by atoms with E-state index in [1.54, 1.807) is 16.8 Å². The zero-order valence-corrected chi connectivity index (χ0v) is 12.3. The number of nitrogens with zero attached hydrogens (tertiary/aromatic N) is 3. The molecule has 0 aliphatic heterocycles. The zero-order chi connectivity index (χ0) is 15.2. The summed E-state index contributed by atoms with van der Waals surface area (Å²) in [6, 6.07) is 5.34. The number of hydrogen-bond acceptors (Lipinski definition) is 5. The van der Waals surface area contributed by atoms with E-state index in [0.717, 1.165) is 17.8 Å². The number of carbonyl (C=O) groups is 1. The Kier molecular flexibility index (Phi) is 4.89. The lowest BCUT2D eigenvalue weighted by molar-refractivity contribution is 0.0954. The number of nitrogens with one attached hydrogen (secondary N) is 2. The van der Waals surface area contributed by atoms with E-state index in [1.807, 2.05) is 26.2 Å². The van der Waals surface area contributed by atoms with Crippen molar-refractivity contribution in [1.29, 1.82) is 0 Å². The van der Waals surface area contributed by atoms with E-state index in [9.17, 15) is 4.79 Å². The predicted octanol–water partition coefficient (Wildman–Crippen LogP) is 0.636. The summed E-state index contributed by atoms with van der Waals surface area (Å²) >= 11 is 0. The number of aromatic nitrogens is 3. The number of carbonyl (C=O) groups excluding carboxylic acids is 1. The summed E-state index contributed by atoms with van der Waals surface area (Å²) in [6.45, 7) is 2.51. The second-order valence-corrected chi connectivity index (χ2v) is 4.72. The summed E-state index contributed by atoms with van der Waals surface area (Å²) in [5.41, 5.74) is 4.80. The monoisotopic (exact) mass is 288 g/mol. The lowest BCUT2D eigenvalue weighted by Crippen LogP contribution is -2.26. The van der Waals surface area contributed by atoms with Gasteiger partial charge in [-0.2, -0.15) is 5.10 Å². The smallest absolute Gasteiger partial charge is 0.251 e. The SMILES string of the molecule is CCc1cc(C(=O)NCCc2ccn(C)n2)cc(NN)n1. The Hall–Kier alpha value is -2.41. The first-order chi connectivity index (χ1) is 10.1. The van der Waals surface area contributed by atoms with Crippen LogP contribution in [-0.4, -0.2) is 27.2 Å². The van der Waals surface area contributed by atoms with Crippen LogP contribution in [0, 0.1) is 0 Å². The highest BCUT2D eigenvalue weighted by Gasteiger charge is 2.09. The molecule has 0 fully saturated rings. The standard InChI is InChI=1S/C14H20N6O/c1-3-11-8-10(9-13(17-11)18-15)14(21)16-6-4-12-5-7-20(2)19-12/h5,7-9H,3-4,6,15H2,1-2H3,(H,16,21)(H,17,18). The molecule has 0 radical (unpaired) electrons. The van der Waals surface area contributed by atoms with Gasteiger partial charge in [-0.05, 0) is 24.6 Å². The molecule has 0 spiro atoms. The summed E-state index contributed by atoms with van der Waals surface area (Å²) in [5, 5.41) is 7.14. The maximum atomic E-state index is 12.1. The number of amides is 1. The predicted molar refractivity (Wildman–Crippen MR) is 80.7 cm³/mol. The molecule has 0 bridgehead atoms. The Labute approximate surface area is 123 Å². The number of hydrogen-bond donors (Lipinski definition) is 3. The van der Waals surface area contributed by atoms with Crippen molar-refractivity contribution in [3.05, 3.63) is 41.3 Å². The molecule has 21 heavy (non-hydrogen) atoms. The van der Waals surface area contributed by atoms with Crippen LogP contribution >= 0.6 is 0 Å². The van der Waals surface area contributed by atoms with Crippen molar-refractivity contribution in [2.45, 2.75) is 19.8 Å². The molecule has 0 aliphatic rings. The van der Waals surface area contributed by atoms with Gasteiger partial charge in [0.2, 0.25) is 0 Å². The van der Waals surface area contributed by atoms with Gasteiger partial charge in [-0.3, -0.25) is 9.48 Å².